The summed E-state index contributed by atoms with van der Waals surface area (Å²) >= 11 is 0. The van der Waals surface area contributed by atoms with Crippen molar-refractivity contribution in [3.05, 3.63) is 101 Å². The molecule has 4 N–H and O–H groups in total. The van der Waals surface area contributed by atoms with Crippen LogP contribution in [0.3, 0.4) is 0 Å². The summed E-state index contributed by atoms with van der Waals surface area (Å²) in [7, 11) is 0. The highest BCUT2D eigenvalue weighted by atomic mass is 16.2. The Morgan fingerprint density at radius 2 is 1.61 bits per heavy atom. The number of pyridine rings is 1. The number of amides is 1. The van der Waals surface area contributed by atoms with E-state index in [1.807, 2.05) is 55.5 Å². The second kappa shape index (κ2) is 7.76. The minimum atomic E-state index is -0.775. The van der Waals surface area contributed by atoms with Crippen LogP contribution < -0.4 is 17.0 Å². The first-order valence-corrected chi connectivity index (χ1v) is 10.3. The van der Waals surface area contributed by atoms with E-state index < -0.39 is 11.5 Å². The quantitative estimate of drug-likeness (QED) is 0.448. The molecular weight excluding hydrogens is 416 g/mol. The second-order valence-corrected chi connectivity index (χ2v) is 7.66. The van der Waals surface area contributed by atoms with Gasteiger partial charge in [-0.15, -0.1) is 0 Å². The van der Waals surface area contributed by atoms with E-state index in [9.17, 15) is 9.59 Å². The zero-order valence-corrected chi connectivity index (χ0v) is 17.8. The molecule has 0 radical (unpaired) electrons. The van der Waals surface area contributed by atoms with Crippen LogP contribution in [0, 0.1) is 6.92 Å². The molecule has 3 aromatic heterocycles. The summed E-state index contributed by atoms with van der Waals surface area (Å²) in [6.45, 7) is 1.94. The Kier molecular flexibility index (Phi) is 4.75. The number of benzene rings is 2. The van der Waals surface area contributed by atoms with Crippen molar-refractivity contribution in [2.24, 2.45) is 5.73 Å². The van der Waals surface area contributed by atoms with E-state index >= 15 is 0 Å². The van der Waals surface area contributed by atoms with E-state index in [1.165, 1.54) is 10.9 Å². The predicted octanol–water partition coefficient (Wildman–Crippen LogP) is 3.20. The molecule has 33 heavy (non-hydrogen) atoms. The van der Waals surface area contributed by atoms with Gasteiger partial charge in [-0.1, -0.05) is 42.5 Å². The number of hydrogen-bond acceptors (Lipinski definition) is 5. The van der Waals surface area contributed by atoms with Gasteiger partial charge in [-0.3, -0.25) is 14.2 Å². The molecule has 1 amide bonds. The summed E-state index contributed by atoms with van der Waals surface area (Å²) in [5.74, 6) is -0.388. The molecule has 5 rings (SSSR count). The Morgan fingerprint density at radius 1 is 0.939 bits per heavy atom. The van der Waals surface area contributed by atoms with Crippen LogP contribution in [0.1, 0.15) is 16.1 Å². The van der Waals surface area contributed by atoms with Crippen LogP contribution in [-0.4, -0.2) is 25.1 Å². The third-order valence-corrected chi connectivity index (χ3v) is 5.64. The lowest BCUT2D eigenvalue weighted by atomic mass is 9.98. The number of rotatable bonds is 4. The van der Waals surface area contributed by atoms with Crippen molar-refractivity contribution >= 4 is 17.2 Å². The number of nitrogens with zero attached hydrogens (tertiary/aromatic N) is 4. The number of para-hydroxylation sites is 1. The van der Waals surface area contributed by atoms with Gasteiger partial charge in [0.05, 0.1) is 0 Å². The summed E-state index contributed by atoms with van der Waals surface area (Å²) in [5.41, 5.74) is 16.5. The van der Waals surface area contributed by atoms with Crippen molar-refractivity contribution in [2.45, 2.75) is 6.92 Å². The van der Waals surface area contributed by atoms with Gasteiger partial charge in [-0.05, 0) is 42.3 Å². The summed E-state index contributed by atoms with van der Waals surface area (Å²) in [4.78, 5) is 29.5. The first kappa shape index (κ1) is 20.2. The van der Waals surface area contributed by atoms with Crippen LogP contribution >= 0.6 is 0 Å². The van der Waals surface area contributed by atoms with E-state index in [0.29, 0.717) is 22.6 Å². The molecule has 0 saturated carbocycles. The summed E-state index contributed by atoms with van der Waals surface area (Å²) in [6, 6.07) is 20.3. The van der Waals surface area contributed by atoms with E-state index in [0.717, 1.165) is 22.3 Å². The topological polar surface area (TPSA) is 121 Å². The molecule has 8 heteroatoms. The summed E-state index contributed by atoms with van der Waals surface area (Å²) < 4.78 is 3.16. The highest BCUT2D eigenvalue weighted by molar-refractivity contribution is 5.99. The van der Waals surface area contributed by atoms with Gasteiger partial charge in [0.1, 0.15) is 17.4 Å². The number of aromatic nitrogens is 4. The third-order valence-electron chi connectivity index (χ3n) is 5.64. The van der Waals surface area contributed by atoms with E-state index in [-0.39, 0.29) is 5.56 Å². The van der Waals surface area contributed by atoms with Crippen molar-refractivity contribution in [3.63, 3.8) is 0 Å². The average Bonchev–Trinajstić information content (AvgIpc) is 3.17. The predicted molar refractivity (Wildman–Crippen MR) is 127 cm³/mol. The van der Waals surface area contributed by atoms with Gasteiger partial charge < -0.3 is 11.5 Å². The molecule has 0 aliphatic carbocycles. The maximum Gasteiger partial charge on any atom is 0.268 e. The Bertz CT molecular complexity index is 1570. The first-order valence-electron chi connectivity index (χ1n) is 10.3. The number of carbonyl (C=O) groups is 1. The van der Waals surface area contributed by atoms with Crippen LogP contribution in [0.2, 0.25) is 0 Å². The van der Waals surface area contributed by atoms with E-state index in [4.69, 9.17) is 11.5 Å². The maximum absolute atomic E-state index is 13.1. The van der Waals surface area contributed by atoms with Gasteiger partial charge in [0.25, 0.3) is 11.5 Å². The highest BCUT2D eigenvalue weighted by Crippen LogP contribution is 2.32. The number of carbonyl (C=O) groups excluding carboxylic acids is 1. The molecule has 3 heterocycles. The highest BCUT2D eigenvalue weighted by Gasteiger charge is 2.18. The fourth-order valence-electron chi connectivity index (χ4n) is 4.08. The number of nitrogen functional groups attached to an aromatic ring is 1. The van der Waals surface area contributed by atoms with Crippen molar-refractivity contribution in [2.75, 3.05) is 5.73 Å². The average molecular weight is 436 g/mol. The molecule has 2 aromatic carbocycles. The molecule has 5 aromatic rings. The van der Waals surface area contributed by atoms with Crippen LogP contribution in [-0.2, 0) is 0 Å². The smallest absolute Gasteiger partial charge is 0.268 e. The number of anilines is 1. The Balaban J connectivity index is 1.61. The summed E-state index contributed by atoms with van der Waals surface area (Å²) in [6.07, 6.45) is 3.07. The normalized spacial score (nSPS) is 11.1. The lowest BCUT2D eigenvalue weighted by Crippen LogP contribution is -2.29. The van der Waals surface area contributed by atoms with E-state index in [1.54, 1.807) is 28.9 Å². The number of primary amides is 1. The second-order valence-electron chi connectivity index (χ2n) is 7.66. The number of aryl methyl sites for hydroxylation is 1. The molecule has 0 fully saturated rings. The molecule has 0 aliphatic heterocycles. The first-order chi connectivity index (χ1) is 16.0. The SMILES string of the molecule is Cc1cc(-c2ccc(-c3ccn(-c4ccccc4)c(=O)c3C(N)=O)cc2)c2c(N)ncnn12. The van der Waals surface area contributed by atoms with Gasteiger partial charge in [-0.25, -0.2) is 9.50 Å². The van der Waals surface area contributed by atoms with Gasteiger partial charge in [0.15, 0.2) is 5.82 Å². The van der Waals surface area contributed by atoms with Crippen molar-refractivity contribution < 1.29 is 4.79 Å². The Labute approximate surface area is 188 Å². The molecule has 0 spiro atoms. The molecule has 0 saturated heterocycles. The minimum absolute atomic E-state index is 0.0584. The van der Waals surface area contributed by atoms with Gasteiger partial charge in [0, 0.05) is 28.7 Å². The van der Waals surface area contributed by atoms with E-state index in [2.05, 4.69) is 10.1 Å². The van der Waals surface area contributed by atoms with Gasteiger partial charge in [-0.2, -0.15) is 5.10 Å². The molecular formula is C25H20N6O2. The fourth-order valence-corrected chi connectivity index (χ4v) is 4.08. The van der Waals surface area contributed by atoms with Crippen molar-refractivity contribution in [1.29, 1.82) is 0 Å². The van der Waals surface area contributed by atoms with Crippen molar-refractivity contribution in [1.82, 2.24) is 19.2 Å². The Hall–Kier alpha value is -4.72. The van der Waals surface area contributed by atoms with Gasteiger partial charge in [0.2, 0.25) is 0 Å². The third kappa shape index (κ3) is 3.34. The zero-order valence-electron chi connectivity index (χ0n) is 17.8. The Morgan fingerprint density at radius 3 is 2.27 bits per heavy atom. The lowest BCUT2D eigenvalue weighted by Gasteiger charge is -2.12. The van der Waals surface area contributed by atoms with Gasteiger partial charge >= 0.3 is 0 Å². The number of hydrogen-bond donors (Lipinski definition) is 2. The fraction of sp³-hybridized carbons (Fsp3) is 0.0400. The molecule has 162 valence electrons. The monoisotopic (exact) mass is 436 g/mol. The standard InChI is InChI=1S/C25H20N6O2/c1-15-13-20(22-23(26)28-14-29-31(15)22)17-9-7-16(8-10-17)19-11-12-30(18-5-3-2-4-6-18)25(33)21(19)24(27)32/h2-14H,1H3,(H2,27,32)(H2,26,28,29). The van der Waals surface area contributed by atoms with Crippen LogP contribution in [0.25, 0.3) is 33.5 Å². The van der Waals surface area contributed by atoms with Crippen LogP contribution in [0.5, 0.6) is 0 Å². The molecule has 0 aliphatic rings. The number of nitrogens with two attached hydrogens (primary N) is 2. The lowest BCUT2D eigenvalue weighted by molar-refractivity contribution is 0.0999. The zero-order chi connectivity index (χ0) is 23.1. The molecule has 0 atom stereocenters. The molecule has 8 nitrogen and oxygen atoms in total. The number of fused-ring (bicyclic) bond motifs is 1. The summed E-state index contributed by atoms with van der Waals surface area (Å²) in [5, 5.41) is 4.26. The molecule has 0 bridgehead atoms. The minimum Gasteiger partial charge on any atom is -0.382 e. The van der Waals surface area contributed by atoms with Crippen LogP contribution in [0.4, 0.5) is 5.82 Å². The van der Waals surface area contributed by atoms with Crippen LogP contribution in [0.15, 0.2) is 84.0 Å². The maximum atomic E-state index is 13.1. The largest absolute Gasteiger partial charge is 0.382 e. The molecule has 0 unspecified atom stereocenters. The van der Waals surface area contributed by atoms with Crippen molar-refractivity contribution in [3.8, 4) is 27.9 Å².